The van der Waals surface area contributed by atoms with Crippen LogP contribution in [0, 0.1) is 5.92 Å². The summed E-state index contributed by atoms with van der Waals surface area (Å²) < 4.78 is 5.50. The molecule has 1 amide bonds. The van der Waals surface area contributed by atoms with Crippen molar-refractivity contribution in [2.75, 3.05) is 24.5 Å². The Morgan fingerprint density at radius 3 is 2.46 bits per heavy atom. The molecule has 0 aliphatic carbocycles. The number of rotatable bonds is 2. The van der Waals surface area contributed by atoms with Gasteiger partial charge in [0.15, 0.2) is 5.82 Å². The molecular formula is C20H24N4O2. The molecule has 0 spiro atoms. The molecule has 2 aromatic rings. The average Bonchev–Trinajstić information content (AvgIpc) is 2.91. The van der Waals surface area contributed by atoms with Crippen LogP contribution in [-0.2, 0) is 4.74 Å². The van der Waals surface area contributed by atoms with Crippen LogP contribution in [0.4, 0.5) is 10.6 Å². The third-order valence-corrected chi connectivity index (χ3v) is 4.91. The van der Waals surface area contributed by atoms with Crippen molar-refractivity contribution < 1.29 is 9.53 Å². The molecule has 26 heavy (non-hydrogen) atoms. The topological polar surface area (TPSA) is 58.6 Å². The normalized spacial score (nSPS) is 22.0. The van der Waals surface area contributed by atoms with Crippen molar-refractivity contribution in [1.82, 2.24) is 15.1 Å². The van der Waals surface area contributed by atoms with E-state index in [1.54, 1.807) is 0 Å². The van der Waals surface area contributed by atoms with Crippen molar-refractivity contribution in [2.24, 2.45) is 5.92 Å². The first-order valence-electron chi connectivity index (χ1n) is 9.04. The largest absolute Gasteiger partial charge is 0.444 e. The monoisotopic (exact) mass is 352 g/mol. The second kappa shape index (κ2) is 6.27. The number of carbonyl (C=O) groups is 1. The lowest BCUT2D eigenvalue weighted by atomic mass is 9.93. The van der Waals surface area contributed by atoms with E-state index < -0.39 is 5.60 Å². The lowest BCUT2D eigenvalue weighted by molar-refractivity contribution is -0.0163. The molecular weight excluding hydrogens is 328 g/mol. The van der Waals surface area contributed by atoms with E-state index in [1.807, 2.05) is 68.1 Å². The first-order chi connectivity index (χ1) is 12.4. The number of hydrogen-bond donors (Lipinski definition) is 0. The zero-order valence-corrected chi connectivity index (χ0v) is 15.4. The highest BCUT2D eigenvalue weighted by atomic mass is 16.6. The van der Waals surface area contributed by atoms with E-state index in [2.05, 4.69) is 15.1 Å². The van der Waals surface area contributed by atoms with E-state index in [-0.39, 0.29) is 12.1 Å². The lowest BCUT2D eigenvalue weighted by Crippen LogP contribution is -2.59. The Kier molecular flexibility index (Phi) is 4.05. The highest BCUT2D eigenvalue weighted by Crippen LogP contribution is 2.35. The molecule has 2 aliphatic heterocycles. The van der Waals surface area contributed by atoms with Gasteiger partial charge in [0.2, 0.25) is 0 Å². The Morgan fingerprint density at radius 2 is 1.81 bits per heavy atom. The van der Waals surface area contributed by atoms with Gasteiger partial charge in [0.05, 0.1) is 11.7 Å². The molecule has 3 heterocycles. The van der Waals surface area contributed by atoms with E-state index in [1.165, 1.54) is 0 Å². The lowest BCUT2D eigenvalue weighted by Gasteiger charge is -2.43. The number of nitrogens with zero attached hydrogens (tertiary/aromatic N) is 4. The Labute approximate surface area is 153 Å². The van der Waals surface area contributed by atoms with Gasteiger partial charge in [0, 0.05) is 31.1 Å². The number of hydrogen-bond acceptors (Lipinski definition) is 5. The van der Waals surface area contributed by atoms with Crippen molar-refractivity contribution in [3.8, 4) is 11.3 Å². The molecule has 6 heteroatoms. The van der Waals surface area contributed by atoms with Gasteiger partial charge in [-0.1, -0.05) is 30.3 Å². The van der Waals surface area contributed by atoms with Crippen LogP contribution < -0.4 is 4.90 Å². The van der Waals surface area contributed by atoms with Gasteiger partial charge < -0.3 is 14.5 Å². The third kappa shape index (κ3) is 3.23. The smallest absolute Gasteiger partial charge is 0.410 e. The van der Waals surface area contributed by atoms with Gasteiger partial charge in [0.25, 0.3) is 0 Å². The summed E-state index contributed by atoms with van der Waals surface area (Å²) in [6.07, 6.45) is -0.217. The fourth-order valence-corrected chi connectivity index (χ4v) is 3.61. The second-order valence-electron chi connectivity index (χ2n) is 8.01. The van der Waals surface area contributed by atoms with Crippen molar-refractivity contribution in [3.05, 3.63) is 42.5 Å². The molecule has 2 atom stereocenters. The maximum atomic E-state index is 12.3. The summed E-state index contributed by atoms with van der Waals surface area (Å²) in [7, 11) is 0. The van der Waals surface area contributed by atoms with E-state index in [0.29, 0.717) is 5.92 Å². The van der Waals surface area contributed by atoms with Gasteiger partial charge >= 0.3 is 6.09 Å². The summed E-state index contributed by atoms with van der Waals surface area (Å²) in [5, 5.41) is 8.77. The molecule has 136 valence electrons. The van der Waals surface area contributed by atoms with E-state index >= 15 is 0 Å². The standard InChI is InChI=1S/C20H24N4O2/c1-20(2,3)26-19(25)24-12-15-11-23(13-17(15)24)18-10-9-16(21-22-18)14-7-5-4-6-8-14/h4-10,15,17H,11-13H2,1-3H3/t15-,17-/m1/s1. The molecule has 4 rings (SSSR count). The van der Waals surface area contributed by atoms with Crippen LogP contribution in [0.5, 0.6) is 0 Å². The molecule has 0 saturated carbocycles. The third-order valence-electron chi connectivity index (χ3n) is 4.91. The molecule has 2 aliphatic rings. The number of fused-ring (bicyclic) bond motifs is 1. The summed E-state index contributed by atoms with van der Waals surface area (Å²) in [6, 6.07) is 14.3. The van der Waals surface area contributed by atoms with Gasteiger partial charge in [-0.3, -0.25) is 0 Å². The van der Waals surface area contributed by atoms with E-state index in [0.717, 1.165) is 36.7 Å². The number of anilines is 1. The second-order valence-corrected chi connectivity index (χ2v) is 8.01. The van der Waals surface area contributed by atoms with Crippen molar-refractivity contribution in [2.45, 2.75) is 32.4 Å². The van der Waals surface area contributed by atoms with Crippen LogP contribution >= 0.6 is 0 Å². The Balaban J connectivity index is 1.41. The van der Waals surface area contributed by atoms with Gasteiger partial charge in [-0.25, -0.2) is 4.79 Å². The van der Waals surface area contributed by atoms with Crippen LogP contribution in [-0.4, -0.2) is 52.5 Å². The molecule has 1 aromatic carbocycles. The quantitative estimate of drug-likeness (QED) is 0.831. The number of likely N-dealkylation sites (tertiary alicyclic amines) is 1. The SMILES string of the molecule is CC(C)(C)OC(=O)N1C[C@H]2CN(c3ccc(-c4ccccc4)nn3)C[C@H]21. The highest BCUT2D eigenvalue weighted by molar-refractivity contribution is 5.70. The molecule has 0 N–H and O–H groups in total. The van der Waals surface area contributed by atoms with Gasteiger partial charge in [-0.2, -0.15) is 0 Å². The molecule has 0 bridgehead atoms. The molecule has 2 fully saturated rings. The zero-order valence-electron chi connectivity index (χ0n) is 15.4. The molecule has 0 unspecified atom stereocenters. The maximum absolute atomic E-state index is 12.3. The van der Waals surface area contributed by atoms with Gasteiger partial charge in [0.1, 0.15) is 5.60 Å². The van der Waals surface area contributed by atoms with Crippen molar-refractivity contribution in [1.29, 1.82) is 0 Å². The van der Waals surface area contributed by atoms with Gasteiger partial charge in [-0.05, 0) is 32.9 Å². The first-order valence-corrected chi connectivity index (χ1v) is 9.04. The highest BCUT2D eigenvalue weighted by Gasteiger charge is 2.49. The number of aromatic nitrogens is 2. The van der Waals surface area contributed by atoms with Crippen LogP contribution in [0.3, 0.4) is 0 Å². The van der Waals surface area contributed by atoms with Crippen LogP contribution in [0.2, 0.25) is 0 Å². The van der Waals surface area contributed by atoms with Crippen molar-refractivity contribution in [3.63, 3.8) is 0 Å². The summed E-state index contributed by atoms with van der Waals surface area (Å²) >= 11 is 0. The minimum absolute atomic E-state index is 0.209. The summed E-state index contributed by atoms with van der Waals surface area (Å²) in [6.45, 7) is 8.13. The number of carbonyl (C=O) groups excluding carboxylic acids is 1. The summed E-state index contributed by atoms with van der Waals surface area (Å²) in [5.41, 5.74) is 1.47. The average molecular weight is 352 g/mol. The molecule has 1 aromatic heterocycles. The van der Waals surface area contributed by atoms with Gasteiger partial charge in [-0.15, -0.1) is 10.2 Å². The van der Waals surface area contributed by atoms with E-state index in [9.17, 15) is 4.79 Å². The Morgan fingerprint density at radius 1 is 1.04 bits per heavy atom. The van der Waals surface area contributed by atoms with Crippen LogP contribution in [0.1, 0.15) is 20.8 Å². The van der Waals surface area contributed by atoms with Crippen LogP contribution in [0.15, 0.2) is 42.5 Å². The predicted molar refractivity (Wildman–Crippen MR) is 99.9 cm³/mol. The summed E-state index contributed by atoms with van der Waals surface area (Å²) in [4.78, 5) is 16.3. The summed E-state index contributed by atoms with van der Waals surface area (Å²) in [5.74, 6) is 1.35. The predicted octanol–water partition coefficient (Wildman–Crippen LogP) is 3.20. The minimum Gasteiger partial charge on any atom is -0.444 e. The number of benzene rings is 1. The Bertz CT molecular complexity index is 786. The van der Waals surface area contributed by atoms with Crippen molar-refractivity contribution >= 4 is 11.9 Å². The number of amides is 1. The van der Waals surface area contributed by atoms with E-state index in [4.69, 9.17) is 4.74 Å². The fraction of sp³-hybridized carbons (Fsp3) is 0.450. The maximum Gasteiger partial charge on any atom is 0.410 e. The minimum atomic E-state index is -0.459. The Hall–Kier alpha value is -2.63. The first kappa shape index (κ1) is 16.8. The molecule has 6 nitrogen and oxygen atoms in total. The molecule has 2 saturated heterocycles. The molecule has 0 radical (unpaired) electrons. The fourth-order valence-electron chi connectivity index (χ4n) is 3.61. The number of ether oxygens (including phenoxy) is 1. The zero-order chi connectivity index (χ0) is 18.3. The van der Waals surface area contributed by atoms with Crippen LogP contribution in [0.25, 0.3) is 11.3 Å².